The zero-order chi connectivity index (χ0) is 23.7. The maximum atomic E-state index is 12.5. The van der Waals surface area contributed by atoms with Crippen molar-refractivity contribution in [1.29, 1.82) is 0 Å². The van der Waals surface area contributed by atoms with Gasteiger partial charge in [-0.25, -0.2) is 0 Å². The number of amides is 2. The number of thiocarbonyl (C=S) groups is 1. The fraction of sp³-hybridized carbons (Fsp3) is 0.375. The number of hydrogen-bond donors (Lipinski definition) is 2. The van der Waals surface area contributed by atoms with Gasteiger partial charge in [-0.15, -0.1) is 0 Å². The molecular weight excluding hydrogens is 490 g/mol. The van der Waals surface area contributed by atoms with E-state index in [2.05, 4.69) is 40.4 Å². The van der Waals surface area contributed by atoms with Gasteiger partial charge in [-0.3, -0.25) is 14.9 Å². The fourth-order valence-electron chi connectivity index (χ4n) is 2.89. The van der Waals surface area contributed by atoms with Crippen LogP contribution in [0.2, 0.25) is 0 Å². The first kappa shape index (κ1) is 25.8. The maximum absolute atomic E-state index is 12.5. The molecule has 2 amide bonds. The van der Waals surface area contributed by atoms with Gasteiger partial charge in [0.25, 0.3) is 11.8 Å². The van der Waals surface area contributed by atoms with E-state index in [1.807, 2.05) is 13.8 Å². The quantitative estimate of drug-likeness (QED) is 0.429. The number of carbonyl (C=O) groups excluding carboxylic acids is 2. The van der Waals surface area contributed by atoms with Gasteiger partial charge in [0.05, 0.1) is 11.1 Å². The molecule has 0 aliphatic rings. The molecule has 2 aromatic carbocycles. The molecule has 0 unspecified atom stereocenters. The van der Waals surface area contributed by atoms with Crippen LogP contribution in [0, 0.1) is 5.92 Å². The summed E-state index contributed by atoms with van der Waals surface area (Å²) in [5, 5.41) is 5.81. The van der Waals surface area contributed by atoms with Gasteiger partial charge in [-0.1, -0.05) is 13.8 Å². The molecule has 0 saturated carbocycles. The van der Waals surface area contributed by atoms with Crippen molar-refractivity contribution in [2.45, 2.75) is 34.1 Å². The van der Waals surface area contributed by atoms with Gasteiger partial charge < -0.3 is 15.0 Å². The lowest BCUT2D eigenvalue weighted by Crippen LogP contribution is -2.34. The number of benzene rings is 2. The van der Waals surface area contributed by atoms with Crippen LogP contribution in [0.3, 0.4) is 0 Å². The zero-order valence-electron chi connectivity index (χ0n) is 18.9. The topological polar surface area (TPSA) is 70.7 Å². The highest BCUT2D eigenvalue weighted by atomic mass is 79.9. The minimum atomic E-state index is -0.328. The van der Waals surface area contributed by atoms with Crippen molar-refractivity contribution in [3.05, 3.63) is 58.1 Å². The molecule has 0 radical (unpaired) electrons. The van der Waals surface area contributed by atoms with Crippen LogP contribution in [0.5, 0.6) is 5.75 Å². The summed E-state index contributed by atoms with van der Waals surface area (Å²) < 4.78 is 6.46. The molecule has 0 spiro atoms. The van der Waals surface area contributed by atoms with E-state index in [1.54, 1.807) is 47.4 Å². The molecule has 172 valence electrons. The number of ether oxygens (including phenoxy) is 1. The molecule has 8 heteroatoms. The van der Waals surface area contributed by atoms with E-state index >= 15 is 0 Å². The lowest BCUT2D eigenvalue weighted by molar-refractivity contribution is 0.0772. The molecule has 0 atom stereocenters. The molecule has 0 aromatic heterocycles. The second-order valence-electron chi connectivity index (χ2n) is 7.64. The normalized spacial score (nSPS) is 10.6. The first-order valence-corrected chi connectivity index (χ1v) is 11.9. The molecule has 2 aromatic rings. The van der Waals surface area contributed by atoms with E-state index in [0.717, 1.165) is 6.42 Å². The summed E-state index contributed by atoms with van der Waals surface area (Å²) in [4.78, 5) is 26.7. The van der Waals surface area contributed by atoms with E-state index in [0.29, 0.717) is 52.7 Å². The molecule has 0 aliphatic heterocycles. The number of nitrogens with zero attached hydrogens (tertiary/aromatic N) is 1. The lowest BCUT2D eigenvalue weighted by Gasteiger charge is -2.18. The summed E-state index contributed by atoms with van der Waals surface area (Å²) in [6.07, 6.45) is 0.958. The Morgan fingerprint density at radius 3 is 2.25 bits per heavy atom. The van der Waals surface area contributed by atoms with Gasteiger partial charge >= 0.3 is 0 Å². The van der Waals surface area contributed by atoms with Gasteiger partial charge in [0.2, 0.25) is 0 Å². The van der Waals surface area contributed by atoms with Crippen LogP contribution < -0.4 is 15.4 Å². The van der Waals surface area contributed by atoms with Crippen molar-refractivity contribution in [2.24, 2.45) is 5.92 Å². The molecule has 0 fully saturated rings. The third-order valence-corrected chi connectivity index (χ3v) is 5.64. The standard InChI is InChI=1S/C24H30BrN3O3S/c1-5-28(6-2)23(30)17-7-10-19(11-8-17)26-24(32)27-22(29)18-9-12-21(20(25)15-18)31-14-13-16(3)4/h7-12,15-16H,5-6,13-14H2,1-4H3,(H2,26,27,29,32). The maximum Gasteiger partial charge on any atom is 0.257 e. The predicted octanol–water partition coefficient (Wildman–Crippen LogP) is 5.48. The summed E-state index contributed by atoms with van der Waals surface area (Å²) in [6.45, 7) is 10.1. The Kier molecular flexibility index (Phi) is 10.1. The Morgan fingerprint density at radius 2 is 1.69 bits per heavy atom. The van der Waals surface area contributed by atoms with E-state index in [4.69, 9.17) is 17.0 Å². The molecule has 0 heterocycles. The minimum Gasteiger partial charge on any atom is -0.492 e. The zero-order valence-corrected chi connectivity index (χ0v) is 21.3. The van der Waals surface area contributed by atoms with E-state index in [1.165, 1.54) is 0 Å². The Hall–Kier alpha value is -2.45. The Balaban J connectivity index is 1.93. The first-order valence-electron chi connectivity index (χ1n) is 10.7. The van der Waals surface area contributed by atoms with Crippen molar-refractivity contribution < 1.29 is 14.3 Å². The molecule has 2 rings (SSSR count). The van der Waals surface area contributed by atoms with Crippen LogP contribution in [0.1, 0.15) is 54.8 Å². The molecule has 0 bridgehead atoms. The number of carbonyl (C=O) groups is 2. The highest BCUT2D eigenvalue weighted by molar-refractivity contribution is 9.10. The average Bonchev–Trinajstić information content (AvgIpc) is 2.75. The van der Waals surface area contributed by atoms with Crippen LogP contribution in [0.15, 0.2) is 46.9 Å². The Morgan fingerprint density at radius 1 is 1.06 bits per heavy atom. The number of rotatable bonds is 9. The minimum absolute atomic E-state index is 0.0142. The lowest BCUT2D eigenvalue weighted by atomic mass is 10.1. The van der Waals surface area contributed by atoms with Gasteiger partial charge in [0.15, 0.2) is 5.11 Å². The van der Waals surface area contributed by atoms with Crippen LogP contribution >= 0.6 is 28.1 Å². The first-order chi connectivity index (χ1) is 15.2. The van der Waals surface area contributed by atoms with Gasteiger partial charge in [0.1, 0.15) is 5.75 Å². The largest absolute Gasteiger partial charge is 0.492 e. The third-order valence-electron chi connectivity index (χ3n) is 4.81. The van der Waals surface area contributed by atoms with Crippen molar-refractivity contribution >= 4 is 50.8 Å². The van der Waals surface area contributed by atoms with Crippen LogP contribution in [0.4, 0.5) is 5.69 Å². The van der Waals surface area contributed by atoms with E-state index in [9.17, 15) is 9.59 Å². The van der Waals surface area contributed by atoms with Gasteiger partial charge in [-0.2, -0.15) is 0 Å². The van der Waals surface area contributed by atoms with Crippen molar-refractivity contribution in [3.8, 4) is 5.75 Å². The number of nitrogens with one attached hydrogen (secondary N) is 2. The number of anilines is 1. The van der Waals surface area contributed by atoms with Crippen molar-refractivity contribution in [2.75, 3.05) is 25.0 Å². The third kappa shape index (κ3) is 7.60. The SMILES string of the molecule is CCN(CC)C(=O)c1ccc(NC(=S)NC(=O)c2ccc(OCCC(C)C)c(Br)c2)cc1. The Bertz CT molecular complexity index is 944. The number of halogens is 1. The molecule has 0 saturated heterocycles. The van der Waals surface area contributed by atoms with E-state index in [-0.39, 0.29) is 16.9 Å². The Labute approximate surface area is 203 Å². The second-order valence-corrected chi connectivity index (χ2v) is 8.90. The summed E-state index contributed by atoms with van der Waals surface area (Å²) in [5.74, 6) is 0.915. The average molecular weight is 520 g/mol. The molecule has 6 nitrogen and oxygen atoms in total. The predicted molar refractivity (Wildman–Crippen MR) is 136 cm³/mol. The smallest absolute Gasteiger partial charge is 0.257 e. The summed E-state index contributed by atoms with van der Waals surface area (Å²) in [5.41, 5.74) is 1.74. The molecule has 2 N–H and O–H groups in total. The van der Waals surface area contributed by atoms with Crippen LogP contribution in [0.25, 0.3) is 0 Å². The van der Waals surface area contributed by atoms with E-state index < -0.39 is 0 Å². The monoisotopic (exact) mass is 519 g/mol. The highest BCUT2D eigenvalue weighted by Gasteiger charge is 2.13. The molecule has 0 aliphatic carbocycles. The fourth-order valence-corrected chi connectivity index (χ4v) is 3.59. The van der Waals surface area contributed by atoms with Gasteiger partial charge in [0, 0.05) is 29.9 Å². The van der Waals surface area contributed by atoms with Crippen LogP contribution in [-0.4, -0.2) is 41.5 Å². The highest BCUT2D eigenvalue weighted by Crippen LogP contribution is 2.26. The van der Waals surface area contributed by atoms with Crippen LogP contribution in [-0.2, 0) is 0 Å². The summed E-state index contributed by atoms with van der Waals surface area (Å²) in [7, 11) is 0. The summed E-state index contributed by atoms with van der Waals surface area (Å²) >= 11 is 8.72. The second kappa shape index (κ2) is 12.6. The van der Waals surface area contributed by atoms with Gasteiger partial charge in [-0.05, 0) is 96.8 Å². The van der Waals surface area contributed by atoms with Crippen molar-refractivity contribution in [1.82, 2.24) is 10.2 Å². The number of hydrogen-bond acceptors (Lipinski definition) is 4. The summed E-state index contributed by atoms with van der Waals surface area (Å²) in [6, 6.07) is 12.2. The van der Waals surface area contributed by atoms with Crippen molar-refractivity contribution in [3.63, 3.8) is 0 Å². The molecular formula is C24H30BrN3O3S. The molecule has 32 heavy (non-hydrogen) atoms.